The van der Waals surface area contributed by atoms with E-state index in [1.54, 1.807) is 0 Å². The van der Waals surface area contributed by atoms with Gasteiger partial charge in [-0.25, -0.2) is 8.78 Å². The van der Waals surface area contributed by atoms with Crippen LogP contribution < -0.4 is 0 Å². The maximum atomic E-state index is 13.4. The van der Waals surface area contributed by atoms with Gasteiger partial charge in [-0.2, -0.15) is 0 Å². The largest absolute Gasteiger partial charge is 0.394 e. The third-order valence-corrected chi connectivity index (χ3v) is 2.58. The molecule has 1 aromatic carbocycles. The average Bonchev–Trinajstić information content (AvgIpc) is 2.35. The van der Waals surface area contributed by atoms with Crippen LogP contribution >= 0.6 is 0 Å². The van der Waals surface area contributed by atoms with Crippen molar-refractivity contribution in [3.05, 3.63) is 47.5 Å². The average molecular weight is 258 g/mol. The fraction of sp³-hybridized carbons (Fsp3) is 0.385. The minimum atomic E-state index is -1.04. The molecular weight excluding hydrogens is 242 g/mol. The van der Waals surface area contributed by atoms with Crippen molar-refractivity contribution in [2.45, 2.75) is 25.7 Å². The van der Waals surface area contributed by atoms with E-state index in [4.69, 9.17) is 9.84 Å². The van der Waals surface area contributed by atoms with E-state index < -0.39 is 30.4 Å². The highest BCUT2D eigenvalue weighted by Gasteiger charge is 2.17. The van der Waals surface area contributed by atoms with Crippen LogP contribution in [0.2, 0.25) is 0 Å². The predicted molar refractivity (Wildman–Crippen MR) is 63.0 cm³/mol. The molecule has 0 spiro atoms. The number of ether oxygens (including phenoxy) is 1. The smallest absolute Gasteiger partial charge is 0.131 e. The van der Waals surface area contributed by atoms with E-state index in [-0.39, 0.29) is 12.2 Å². The van der Waals surface area contributed by atoms with E-state index in [1.807, 2.05) is 0 Å². The van der Waals surface area contributed by atoms with E-state index >= 15 is 0 Å². The van der Waals surface area contributed by atoms with Gasteiger partial charge in [-0.05, 0) is 18.6 Å². The van der Waals surface area contributed by atoms with Gasteiger partial charge in [-0.15, -0.1) is 6.58 Å². The Morgan fingerprint density at radius 3 is 2.61 bits per heavy atom. The summed E-state index contributed by atoms with van der Waals surface area (Å²) in [5.74, 6) is -1.34. The van der Waals surface area contributed by atoms with Gasteiger partial charge in [-0.1, -0.05) is 6.08 Å². The van der Waals surface area contributed by atoms with Gasteiger partial charge in [0.25, 0.3) is 0 Å². The zero-order valence-corrected chi connectivity index (χ0v) is 10.1. The van der Waals surface area contributed by atoms with Crippen molar-refractivity contribution < 1.29 is 23.7 Å². The van der Waals surface area contributed by atoms with Gasteiger partial charge in [0.1, 0.15) is 23.8 Å². The lowest BCUT2D eigenvalue weighted by Crippen LogP contribution is -2.30. The molecule has 2 N–H and O–H groups in total. The Morgan fingerprint density at radius 1 is 1.39 bits per heavy atom. The fourth-order valence-electron chi connectivity index (χ4n) is 1.44. The summed E-state index contributed by atoms with van der Waals surface area (Å²) in [6.07, 6.45) is -0.709. The molecule has 18 heavy (non-hydrogen) atoms. The molecule has 0 heterocycles. The van der Waals surface area contributed by atoms with E-state index in [9.17, 15) is 13.9 Å². The third kappa shape index (κ3) is 3.60. The van der Waals surface area contributed by atoms with Crippen LogP contribution in [-0.4, -0.2) is 29.0 Å². The first-order chi connectivity index (χ1) is 8.49. The van der Waals surface area contributed by atoms with Crippen LogP contribution in [0.4, 0.5) is 8.78 Å². The Morgan fingerprint density at radius 2 is 2.06 bits per heavy atom. The molecule has 0 aliphatic rings. The summed E-state index contributed by atoms with van der Waals surface area (Å²) >= 11 is 0. The lowest BCUT2D eigenvalue weighted by molar-refractivity contribution is -0.0546. The maximum Gasteiger partial charge on any atom is 0.131 e. The highest BCUT2D eigenvalue weighted by Crippen LogP contribution is 2.16. The normalized spacial score (nSPS) is 14.3. The highest BCUT2D eigenvalue weighted by atomic mass is 19.1. The Kier molecular flexibility index (Phi) is 5.40. The van der Waals surface area contributed by atoms with Crippen molar-refractivity contribution in [1.82, 2.24) is 0 Å². The summed E-state index contributed by atoms with van der Waals surface area (Å²) in [4.78, 5) is 0. The number of hydrogen-bond acceptors (Lipinski definition) is 3. The van der Waals surface area contributed by atoms with E-state index in [1.165, 1.54) is 19.1 Å². The monoisotopic (exact) mass is 258 g/mol. The number of benzene rings is 1. The number of aliphatic hydroxyl groups excluding tert-OH is 2. The minimum absolute atomic E-state index is 0.164. The first-order valence-electron chi connectivity index (χ1n) is 5.47. The van der Waals surface area contributed by atoms with Crippen LogP contribution in [0.1, 0.15) is 11.1 Å². The molecule has 0 fully saturated rings. The Labute approximate surface area is 104 Å². The third-order valence-electron chi connectivity index (χ3n) is 2.58. The molecule has 0 aliphatic carbocycles. The lowest BCUT2D eigenvalue weighted by Gasteiger charge is -2.19. The molecule has 0 bridgehead atoms. The Bertz CT molecular complexity index is 421. The van der Waals surface area contributed by atoms with Crippen LogP contribution in [-0.2, 0) is 11.3 Å². The summed E-state index contributed by atoms with van der Waals surface area (Å²) in [7, 11) is 0. The van der Waals surface area contributed by atoms with Gasteiger partial charge in [0.2, 0.25) is 0 Å². The predicted octanol–water partition coefficient (Wildman–Crippen LogP) is 1.70. The van der Waals surface area contributed by atoms with Gasteiger partial charge in [0.05, 0.1) is 13.2 Å². The second-order valence-electron chi connectivity index (χ2n) is 3.95. The van der Waals surface area contributed by atoms with Crippen LogP contribution in [0, 0.1) is 18.6 Å². The molecule has 2 atom stereocenters. The van der Waals surface area contributed by atoms with Crippen molar-refractivity contribution in [1.29, 1.82) is 0 Å². The first kappa shape index (κ1) is 14.8. The number of halogens is 2. The van der Waals surface area contributed by atoms with E-state index in [2.05, 4.69) is 6.58 Å². The van der Waals surface area contributed by atoms with Gasteiger partial charge >= 0.3 is 0 Å². The van der Waals surface area contributed by atoms with Gasteiger partial charge in [0.15, 0.2) is 0 Å². The summed E-state index contributed by atoms with van der Waals surface area (Å²) in [5.41, 5.74) is 0.475. The van der Waals surface area contributed by atoms with Crippen molar-refractivity contribution in [3.63, 3.8) is 0 Å². The molecule has 0 aliphatic heterocycles. The summed E-state index contributed by atoms with van der Waals surface area (Å²) in [6, 6.07) is 2.12. The van der Waals surface area contributed by atoms with Gasteiger partial charge in [-0.3, -0.25) is 0 Å². The molecule has 0 radical (unpaired) electrons. The summed E-state index contributed by atoms with van der Waals surface area (Å²) in [6.45, 7) is 4.29. The number of rotatable bonds is 6. The molecule has 0 unspecified atom stereocenters. The zero-order chi connectivity index (χ0) is 13.7. The van der Waals surface area contributed by atoms with E-state index in [0.717, 1.165) is 6.07 Å². The van der Waals surface area contributed by atoms with Crippen molar-refractivity contribution in [3.8, 4) is 0 Å². The highest BCUT2D eigenvalue weighted by molar-refractivity contribution is 5.25. The minimum Gasteiger partial charge on any atom is -0.394 e. The molecule has 0 saturated heterocycles. The van der Waals surface area contributed by atoms with Gasteiger partial charge < -0.3 is 14.9 Å². The molecule has 0 saturated carbocycles. The van der Waals surface area contributed by atoms with Crippen LogP contribution in [0.15, 0.2) is 24.8 Å². The fourth-order valence-corrected chi connectivity index (χ4v) is 1.44. The molecule has 100 valence electrons. The topological polar surface area (TPSA) is 49.7 Å². The number of hydrogen-bond donors (Lipinski definition) is 2. The van der Waals surface area contributed by atoms with Crippen LogP contribution in [0.3, 0.4) is 0 Å². The van der Waals surface area contributed by atoms with Crippen LogP contribution in [0.5, 0.6) is 0 Å². The molecule has 0 amide bonds. The molecular formula is C13H16F2O3. The molecule has 0 aromatic heterocycles. The SMILES string of the molecule is C=C[C@@H](O)[C@@H](CO)OCc1cc(C)c(F)cc1F. The summed E-state index contributed by atoms with van der Waals surface area (Å²) in [5, 5.41) is 18.4. The van der Waals surface area contributed by atoms with Crippen molar-refractivity contribution in [2.75, 3.05) is 6.61 Å². The Balaban J connectivity index is 2.73. The number of aliphatic hydroxyl groups is 2. The summed E-state index contributed by atoms with van der Waals surface area (Å²) < 4.78 is 31.6. The molecule has 1 rings (SSSR count). The quantitative estimate of drug-likeness (QED) is 0.763. The Hall–Kier alpha value is -1.30. The van der Waals surface area contributed by atoms with E-state index in [0.29, 0.717) is 5.56 Å². The van der Waals surface area contributed by atoms with Crippen LogP contribution in [0.25, 0.3) is 0 Å². The molecule has 5 heteroatoms. The molecule has 3 nitrogen and oxygen atoms in total. The number of aryl methyl sites for hydroxylation is 1. The van der Waals surface area contributed by atoms with Gasteiger partial charge in [0, 0.05) is 11.6 Å². The molecule has 1 aromatic rings. The standard InChI is InChI=1S/C13H16F2O3/c1-3-12(17)13(6-16)18-7-9-4-8(2)10(14)5-11(9)15/h3-5,12-13,16-17H,1,6-7H2,2H3/t12-,13-/m1/s1. The van der Waals surface area contributed by atoms with Crippen molar-refractivity contribution in [2.24, 2.45) is 0 Å². The maximum absolute atomic E-state index is 13.4. The van der Waals surface area contributed by atoms with Crippen molar-refractivity contribution >= 4 is 0 Å². The second-order valence-corrected chi connectivity index (χ2v) is 3.95. The lowest BCUT2D eigenvalue weighted by atomic mass is 10.1. The first-order valence-corrected chi connectivity index (χ1v) is 5.47. The second kappa shape index (κ2) is 6.58. The zero-order valence-electron chi connectivity index (χ0n) is 10.1.